The molecular formula is C16H17N3O. The number of para-hydroxylation sites is 1. The summed E-state index contributed by atoms with van der Waals surface area (Å²) in [5.74, 6) is 0.154. The molecule has 0 bridgehead atoms. The van der Waals surface area contributed by atoms with Gasteiger partial charge in [0, 0.05) is 44.3 Å². The second-order valence-corrected chi connectivity index (χ2v) is 5.84. The number of nitrogens with one attached hydrogen (secondary N) is 1. The van der Waals surface area contributed by atoms with Gasteiger partial charge in [0.15, 0.2) is 0 Å². The molecule has 1 saturated heterocycles. The largest absolute Gasteiger partial charge is 0.353 e. The van der Waals surface area contributed by atoms with E-state index in [1.807, 2.05) is 18.2 Å². The van der Waals surface area contributed by atoms with Crippen LogP contribution in [0.15, 0.2) is 42.6 Å². The van der Waals surface area contributed by atoms with Crippen LogP contribution in [0.1, 0.15) is 11.3 Å². The summed E-state index contributed by atoms with van der Waals surface area (Å²) in [5, 5.41) is 3.01. The average molecular weight is 267 g/mol. The Morgan fingerprint density at radius 2 is 2.00 bits per heavy atom. The zero-order valence-electron chi connectivity index (χ0n) is 11.5. The third kappa shape index (κ3) is 1.48. The number of likely N-dealkylation sites (tertiary alicyclic amines) is 1. The van der Waals surface area contributed by atoms with Crippen molar-refractivity contribution in [1.29, 1.82) is 0 Å². The summed E-state index contributed by atoms with van der Waals surface area (Å²) in [6.45, 7) is 2.52. The Morgan fingerprint density at radius 3 is 2.75 bits per heavy atom. The van der Waals surface area contributed by atoms with Crippen LogP contribution in [0.5, 0.6) is 0 Å². The zero-order chi connectivity index (χ0) is 13.7. The van der Waals surface area contributed by atoms with Gasteiger partial charge in [-0.1, -0.05) is 18.2 Å². The molecule has 1 N–H and O–H groups in total. The number of aryl methyl sites for hydroxylation is 1. The molecule has 0 aliphatic carbocycles. The lowest BCUT2D eigenvalue weighted by molar-refractivity contribution is -0.127. The fraction of sp³-hybridized carbons (Fsp3) is 0.312. The van der Waals surface area contributed by atoms with Crippen molar-refractivity contribution in [1.82, 2.24) is 9.47 Å². The second-order valence-electron chi connectivity index (χ2n) is 5.84. The number of hydrogen-bond donors (Lipinski definition) is 1. The van der Waals surface area contributed by atoms with Crippen LogP contribution in [0, 0.1) is 0 Å². The average Bonchev–Trinajstić information content (AvgIpc) is 2.92. The number of nitrogens with zero attached hydrogens (tertiary/aromatic N) is 2. The van der Waals surface area contributed by atoms with Gasteiger partial charge in [0.2, 0.25) is 5.91 Å². The van der Waals surface area contributed by atoms with E-state index in [0.717, 1.165) is 30.9 Å². The van der Waals surface area contributed by atoms with E-state index in [0.29, 0.717) is 0 Å². The van der Waals surface area contributed by atoms with Crippen molar-refractivity contribution in [2.45, 2.75) is 12.0 Å². The van der Waals surface area contributed by atoms with Crippen LogP contribution < -0.4 is 5.32 Å². The molecule has 0 saturated carbocycles. The van der Waals surface area contributed by atoms with Crippen LogP contribution in [0.3, 0.4) is 0 Å². The van der Waals surface area contributed by atoms with Gasteiger partial charge in [0.25, 0.3) is 0 Å². The highest BCUT2D eigenvalue weighted by Crippen LogP contribution is 2.44. The van der Waals surface area contributed by atoms with Crippen molar-refractivity contribution >= 4 is 11.6 Å². The molecule has 4 nitrogen and oxygen atoms in total. The van der Waals surface area contributed by atoms with Crippen molar-refractivity contribution in [2.24, 2.45) is 7.05 Å². The van der Waals surface area contributed by atoms with Gasteiger partial charge in [-0.25, -0.2) is 0 Å². The maximum absolute atomic E-state index is 12.3. The predicted molar refractivity (Wildman–Crippen MR) is 77.4 cm³/mol. The Labute approximate surface area is 118 Å². The molecule has 20 heavy (non-hydrogen) atoms. The first-order chi connectivity index (χ1) is 9.69. The molecule has 1 amide bonds. The molecule has 1 aromatic carbocycles. The Balaban J connectivity index is 1.56. The molecule has 0 atom stereocenters. The molecule has 0 unspecified atom stereocenters. The molecule has 4 rings (SSSR count). The van der Waals surface area contributed by atoms with E-state index in [9.17, 15) is 4.79 Å². The molecule has 2 aliphatic heterocycles. The molecule has 2 aromatic rings. The second kappa shape index (κ2) is 3.96. The summed E-state index contributed by atoms with van der Waals surface area (Å²) >= 11 is 0. The Bertz CT molecular complexity index is 683. The maximum Gasteiger partial charge on any atom is 0.237 e. The fourth-order valence-corrected chi connectivity index (χ4v) is 3.41. The lowest BCUT2D eigenvalue weighted by Gasteiger charge is -2.46. The standard InChI is InChI=1S/C16H17N3O/c1-18-8-4-5-12(18)9-19-10-16(11-19)13-6-2-3-7-14(13)17-15(16)20/h2-8H,9-11H2,1H3,(H,17,20). The maximum atomic E-state index is 12.3. The summed E-state index contributed by atoms with van der Waals surface area (Å²) in [4.78, 5) is 14.6. The summed E-state index contributed by atoms with van der Waals surface area (Å²) in [6.07, 6.45) is 2.06. The predicted octanol–water partition coefficient (Wildman–Crippen LogP) is 1.73. The lowest BCUT2D eigenvalue weighted by Crippen LogP contribution is -2.62. The molecule has 1 aromatic heterocycles. The van der Waals surface area contributed by atoms with Gasteiger partial charge in [-0.15, -0.1) is 0 Å². The van der Waals surface area contributed by atoms with Crippen LogP contribution >= 0.6 is 0 Å². The van der Waals surface area contributed by atoms with Gasteiger partial charge in [-0.3, -0.25) is 9.69 Å². The van der Waals surface area contributed by atoms with E-state index < -0.39 is 0 Å². The monoisotopic (exact) mass is 267 g/mol. The van der Waals surface area contributed by atoms with Gasteiger partial charge in [0.1, 0.15) is 5.41 Å². The van der Waals surface area contributed by atoms with Crippen molar-refractivity contribution in [3.63, 3.8) is 0 Å². The number of amides is 1. The minimum atomic E-state index is -0.318. The third-order valence-corrected chi connectivity index (χ3v) is 4.55. The van der Waals surface area contributed by atoms with Crippen LogP contribution in [0.2, 0.25) is 0 Å². The minimum Gasteiger partial charge on any atom is -0.353 e. The number of fused-ring (bicyclic) bond motifs is 2. The highest BCUT2D eigenvalue weighted by molar-refractivity contribution is 6.07. The van der Waals surface area contributed by atoms with E-state index >= 15 is 0 Å². The molecule has 102 valence electrons. The number of carbonyl (C=O) groups excluding carboxylic acids is 1. The number of rotatable bonds is 2. The molecule has 1 fully saturated rings. The Morgan fingerprint density at radius 1 is 1.20 bits per heavy atom. The molecule has 1 spiro atoms. The van der Waals surface area contributed by atoms with Gasteiger partial charge in [-0.2, -0.15) is 0 Å². The smallest absolute Gasteiger partial charge is 0.237 e. The first-order valence-corrected chi connectivity index (χ1v) is 6.93. The molecule has 3 heterocycles. The normalized spacial score (nSPS) is 19.8. The first-order valence-electron chi connectivity index (χ1n) is 6.93. The summed E-state index contributed by atoms with van der Waals surface area (Å²) in [5.41, 5.74) is 3.11. The van der Waals surface area contributed by atoms with Gasteiger partial charge >= 0.3 is 0 Å². The van der Waals surface area contributed by atoms with E-state index in [1.54, 1.807) is 0 Å². The van der Waals surface area contributed by atoms with Crippen molar-refractivity contribution in [2.75, 3.05) is 18.4 Å². The van der Waals surface area contributed by atoms with Crippen molar-refractivity contribution in [3.8, 4) is 0 Å². The highest BCUT2D eigenvalue weighted by atomic mass is 16.2. The summed E-state index contributed by atoms with van der Waals surface area (Å²) in [7, 11) is 2.06. The van der Waals surface area contributed by atoms with E-state index in [4.69, 9.17) is 0 Å². The molecule has 4 heteroatoms. The van der Waals surface area contributed by atoms with Crippen LogP contribution in [-0.2, 0) is 23.8 Å². The topological polar surface area (TPSA) is 37.3 Å². The van der Waals surface area contributed by atoms with Gasteiger partial charge in [-0.05, 0) is 23.8 Å². The minimum absolute atomic E-state index is 0.154. The van der Waals surface area contributed by atoms with Crippen LogP contribution in [0.25, 0.3) is 0 Å². The van der Waals surface area contributed by atoms with Gasteiger partial charge < -0.3 is 9.88 Å². The number of hydrogen-bond acceptors (Lipinski definition) is 2. The highest BCUT2D eigenvalue weighted by Gasteiger charge is 2.54. The number of aromatic nitrogens is 1. The fourth-order valence-electron chi connectivity index (χ4n) is 3.41. The lowest BCUT2D eigenvalue weighted by atomic mass is 9.74. The van der Waals surface area contributed by atoms with Crippen LogP contribution in [0.4, 0.5) is 5.69 Å². The van der Waals surface area contributed by atoms with Crippen LogP contribution in [-0.4, -0.2) is 28.5 Å². The molecule has 2 aliphatic rings. The quantitative estimate of drug-likeness (QED) is 0.899. The van der Waals surface area contributed by atoms with E-state index in [1.165, 1.54) is 5.69 Å². The molecular weight excluding hydrogens is 250 g/mol. The Kier molecular flexibility index (Phi) is 2.32. The number of benzene rings is 1. The molecule has 0 radical (unpaired) electrons. The summed E-state index contributed by atoms with van der Waals surface area (Å²) in [6, 6.07) is 12.2. The third-order valence-electron chi connectivity index (χ3n) is 4.55. The van der Waals surface area contributed by atoms with E-state index in [-0.39, 0.29) is 11.3 Å². The number of anilines is 1. The van der Waals surface area contributed by atoms with Gasteiger partial charge in [0.05, 0.1) is 0 Å². The van der Waals surface area contributed by atoms with E-state index in [2.05, 4.69) is 46.2 Å². The number of carbonyl (C=O) groups is 1. The zero-order valence-corrected chi connectivity index (χ0v) is 11.5. The Hall–Kier alpha value is -2.07. The van der Waals surface area contributed by atoms with Crippen molar-refractivity contribution < 1.29 is 4.79 Å². The SMILES string of the molecule is Cn1cccc1CN1CC2(C1)C(=O)Nc1ccccc12. The van der Waals surface area contributed by atoms with Crippen molar-refractivity contribution in [3.05, 3.63) is 53.9 Å². The first kappa shape index (κ1) is 11.7. The summed E-state index contributed by atoms with van der Waals surface area (Å²) < 4.78 is 2.13.